The van der Waals surface area contributed by atoms with Crippen LogP contribution in [-0.4, -0.2) is 34.6 Å². The fourth-order valence-corrected chi connectivity index (χ4v) is 3.97. The Hall–Kier alpha value is -3.65. The fraction of sp³-hybridized carbons (Fsp3) is 0.238. The largest absolute Gasteiger partial charge is 0.507 e. The molecule has 2 amide bonds. The van der Waals surface area contributed by atoms with Gasteiger partial charge in [-0.3, -0.25) is 14.5 Å². The van der Waals surface area contributed by atoms with Crippen LogP contribution in [0.5, 0.6) is 5.75 Å². The summed E-state index contributed by atoms with van der Waals surface area (Å²) in [4.78, 5) is 27.3. The summed E-state index contributed by atoms with van der Waals surface area (Å²) in [5.74, 6) is -1.48. The minimum Gasteiger partial charge on any atom is -0.507 e. The molecule has 166 valence electrons. The van der Waals surface area contributed by atoms with Gasteiger partial charge in [0.1, 0.15) is 11.3 Å². The van der Waals surface area contributed by atoms with Gasteiger partial charge in [0.15, 0.2) is 5.11 Å². The van der Waals surface area contributed by atoms with Gasteiger partial charge >= 0.3 is 6.18 Å². The van der Waals surface area contributed by atoms with Gasteiger partial charge in [0, 0.05) is 18.8 Å². The van der Waals surface area contributed by atoms with Crippen LogP contribution in [0.25, 0.3) is 0 Å². The third kappa shape index (κ3) is 3.62. The SMILES string of the molecule is CNC(=O)c1ccc(N2C(=S)N(c3ccc(C#N)c(C(F)(F)F)c3)C(=O)C2(C)C)cc1O. The van der Waals surface area contributed by atoms with E-state index in [9.17, 15) is 27.9 Å². The lowest BCUT2D eigenvalue weighted by molar-refractivity contribution is -0.137. The molecular formula is C21H17F3N4O3S. The normalized spacial score (nSPS) is 15.7. The Bertz CT molecular complexity index is 1190. The third-order valence-electron chi connectivity index (χ3n) is 5.07. The number of rotatable bonds is 3. The van der Waals surface area contributed by atoms with Crippen LogP contribution in [0, 0.1) is 11.3 Å². The number of hydrogen-bond acceptors (Lipinski definition) is 5. The van der Waals surface area contributed by atoms with Gasteiger partial charge in [0.2, 0.25) is 0 Å². The van der Waals surface area contributed by atoms with E-state index in [2.05, 4.69) is 5.32 Å². The second kappa shape index (κ2) is 7.80. The number of benzene rings is 2. The van der Waals surface area contributed by atoms with E-state index in [4.69, 9.17) is 17.5 Å². The van der Waals surface area contributed by atoms with Crippen molar-refractivity contribution in [2.75, 3.05) is 16.8 Å². The lowest BCUT2D eigenvalue weighted by Crippen LogP contribution is -2.44. The van der Waals surface area contributed by atoms with Gasteiger partial charge in [0.05, 0.1) is 28.4 Å². The zero-order valence-corrected chi connectivity index (χ0v) is 17.9. The maximum atomic E-state index is 13.4. The van der Waals surface area contributed by atoms with E-state index in [0.717, 1.165) is 11.0 Å². The highest BCUT2D eigenvalue weighted by atomic mass is 32.1. The smallest absolute Gasteiger partial charge is 0.417 e. The number of nitriles is 1. The summed E-state index contributed by atoms with van der Waals surface area (Å²) in [7, 11) is 1.40. The van der Waals surface area contributed by atoms with Crippen molar-refractivity contribution in [3.8, 4) is 11.8 Å². The molecule has 0 bridgehead atoms. The molecule has 0 spiro atoms. The lowest BCUT2D eigenvalue weighted by Gasteiger charge is -2.29. The molecule has 11 heteroatoms. The summed E-state index contributed by atoms with van der Waals surface area (Å²) in [6, 6.07) is 8.44. The average Bonchev–Trinajstić information content (AvgIpc) is 2.90. The van der Waals surface area contributed by atoms with Crippen LogP contribution in [-0.2, 0) is 11.0 Å². The predicted molar refractivity (Wildman–Crippen MR) is 114 cm³/mol. The van der Waals surface area contributed by atoms with Gasteiger partial charge in [-0.05, 0) is 56.4 Å². The zero-order chi connectivity index (χ0) is 24.0. The van der Waals surface area contributed by atoms with Crippen LogP contribution in [0.3, 0.4) is 0 Å². The summed E-state index contributed by atoms with van der Waals surface area (Å²) < 4.78 is 40.2. The van der Waals surface area contributed by atoms with Gasteiger partial charge in [-0.2, -0.15) is 18.4 Å². The monoisotopic (exact) mass is 462 g/mol. The predicted octanol–water partition coefficient (Wildman–Crippen LogP) is 3.56. The third-order valence-corrected chi connectivity index (χ3v) is 5.43. The second-order valence-corrected chi connectivity index (χ2v) is 7.80. The number of nitrogens with one attached hydrogen (secondary N) is 1. The number of nitrogens with zero attached hydrogens (tertiary/aromatic N) is 3. The Morgan fingerprint density at radius 2 is 1.81 bits per heavy atom. The van der Waals surface area contributed by atoms with E-state index >= 15 is 0 Å². The minimum absolute atomic E-state index is 0.00395. The number of aromatic hydroxyl groups is 1. The van der Waals surface area contributed by atoms with Crippen molar-refractivity contribution < 1.29 is 27.9 Å². The molecule has 1 aliphatic rings. The molecule has 0 radical (unpaired) electrons. The Balaban J connectivity index is 2.10. The van der Waals surface area contributed by atoms with Crippen LogP contribution in [0.15, 0.2) is 36.4 Å². The van der Waals surface area contributed by atoms with Crippen molar-refractivity contribution >= 4 is 40.5 Å². The summed E-state index contributed by atoms with van der Waals surface area (Å²) in [5, 5.41) is 21.5. The van der Waals surface area contributed by atoms with Crippen LogP contribution in [0.1, 0.15) is 35.3 Å². The molecule has 0 aliphatic carbocycles. The van der Waals surface area contributed by atoms with Crippen molar-refractivity contribution in [1.82, 2.24) is 5.32 Å². The number of carbonyl (C=O) groups excluding carboxylic acids is 2. The van der Waals surface area contributed by atoms with Gasteiger partial charge in [0.25, 0.3) is 11.8 Å². The maximum Gasteiger partial charge on any atom is 0.417 e. The molecule has 0 atom stereocenters. The Kier molecular flexibility index (Phi) is 5.61. The van der Waals surface area contributed by atoms with Gasteiger partial charge in [-0.15, -0.1) is 0 Å². The molecule has 1 heterocycles. The van der Waals surface area contributed by atoms with Gasteiger partial charge in [-0.25, -0.2) is 0 Å². The lowest BCUT2D eigenvalue weighted by atomic mass is 10.0. The highest BCUT2D eigenvalue weighted by Gasteiger charge is 2.50. The number of phenolic OH excluding ortho intramolecular Hbond substituents is 1. The maximum absolute atomic E-state index is 13.4. The molecule has 1 saturated heterocycles. The molecule has 1 aliphatic heterocycles. The van der Waals surface area contributed by atoms with Gasteiger partial charge in [-0.1, -0.05) is 0 Å². The first-order valence-electron chi connectivity index (χ1n) is 9.19. The van der Waals surface area contributed by atoms with Gasteiger partial charge < -0.3 is 15.3 Å². The molecule has 32 heavy (non-hydrogen) atoms. The van der Waals surface area contributed by atoms with E-state index < -0.39 is 34.7 Å². The number of amides is 2. The zero-order valence-electron chi connectivity index (χ0n) is 17.1. The topological polar surface area (TPSA) is 96.7 Å². The number of alkyl halides is 3. The Labute approximate surface area is 186 Å². The number of halogens is 3. The van der Waals surface area contributed by atoms with Crippen molar-refractivity contribution in [3.05, 3.63) is 53.1 Å². The number of hydrogen-bond donors (Lipinski definition) is 2. The van der Waals surface area contributed by atoms with Crippen LogP contribution in [0.4, 0.5) is 24.5 Å². The Morgan fingerprint density at radius 3 is 2.34 bits per heavy atom. The van der Waals surface area contributed by atoms with E-state index in [1.807, 2.05) is 0 Å². The summed E-state index contributed by atoms with van der Waals surface area (Å²) in [5.41, 5.74) is -2.95. The standard InChI is InChI=1S/C21H17F3N4O3S/c1-20(2)18(31)27(12-5-4-11(10-25)15(8-12)21(22,23)24)19(32)28(20)13-6-7-14(16(29)9-13)17(30)26-3/h4-9,29H,1-3H3,(H,26,30). The highest BCUT2D eigenvalue weighted by molar-refractivity contribution is 7.81. The van der Waals surface area contributed by atoms with Crippen molar-refractivity contribution in [3.63, 3.8) is 0 Å². The molecule has 1 fully saturated rings. The van der Waals surface area contributed by atoms with E-state index in [1.54, 1.807) is 0 Å². The number of anilines is 2. The quantitative estimate of drug-likeness (QED) is 0.678. The van der Waals surface area contributed by atoms with Crippen molar-refractivity contribution in [1.29, 1.82) is 5.26 Å². The number of carbonyl (C=O) groups is 2. The molecule has 0 saturated carbocycles. The van der Waals surface area contributed by atoms with Crippen molar-refractivity contribution in [2.45, 2.75) is 25.6 Å². The van der Waals surface area contributed by atoms with Crippen LogP contribution < -0.4 is 15.1 Å². The second-order valence-electron chi connectivity index (χ2n) is 7.44. The average molecular weight is 462 g/mol. The Morgan fingerprint density at radius 1 is 1.19 bits per heavy atom. The summed E-state index contributed by atoms with van der Waals surface area (Å²) in [6.45, 7) is 3.05. The molecule has 7 nitrogen and oxygen atoms in total. The molecule has 0 aromatic heterocycles. The number of thiocarbonyl (C=S) groups is 1. The molecule has 0 unspecified atom stereocenters. The molecule has 2 N–H and O–H groups in total. The molecular weight excluding hydrogens is 445 g/mol. The van der Waals surface area contributed by atoms with Crippen LogP contribution in [0.2, 0.25) is 0 Å². The van der Waals surface area contributed by atoms with E-state index in [0.29, 0.717) is 6.07 Å². The van der Waals surface area contributed by atoms with Crippen molar-refractivity contribution in [2.24, 2.45) is 0 Å². The minimum atomic E-state index is -4.80. The first-order valence-corrected chi connectivity index (χ1v) is 9.60. The summed E-state index contributed by atoms with van der Waals surface area (Å²) in [6.07, 6.45) is -4.80. The summed E-state index contributed by atoms with van der Waals surface area (Å²) >= 11 is 5.42. The van der Waals surface area contributed by atoms with E-state index in [1.165, 1.54) is 56.1 Å². The highest BCUT2D eigenvalue weighted by Crippen LogP contribution is 2.40. The molecule has 2 aromatic rings. The fourth-order valence-electron chi connectivity index (χ4n) is 3.45. The molecule has 2 aromatic carbocycles. The molecule has 3 rings (SSSR count). The van der Waals surface area contributed by atoms with E-state index in [-0.39, 0.29) is 27.8 Å². The van der Waals surface area contributed by atoms with Crippen LogP contribution >= 0.6 is 12.2 Å². The number of phenols is 1. The first-order chi connectivity index (χ1) is 14.8. The first kappa shape index (κ1) is 23.0.